The standard InChI is InChI=1S/C11H10N2O3/c1-2-15-11(14)9-8(4-3-5-12-9)10-13-6-7-16-10/h3-7H,2H2,1H3. The second-order valence-corrected chi connectivity index (χ2v) is 2.96. The van der Waals surface area contributed by atoms with Crippen molar-refractivity contribution in [1.29, 1.82) is 0 Å². The lowest BCUT2D eigenvalue weighted by Crippen LogP contribution is -2.08. The molecule has 0 aliphatic rings. The maximum absolute atomic E-state index is 11.6. The third-order valence-corrected chi connectivity index (χ3v) is 1.94. The van der Waals surface area contributed by atoms with Crippen molar-refractivity contribution in [2.45, 2.75) is 6.92 Å². The molecule has 2 rings (SSSR count). The minimum atomic E-state index is -0.476. The molecule has 0 unspecified atom stereocenters. The molecule has 0 amide bonds. The number of carbonyl (C=O) groups excluding carboxylic acids is 1. The van der Waals surface area contributed by atoms with E-state index in [0.717, 1.165) is 0 Å². The normalized spacial score (nSPS) is 10.1. The second kappa shape index (κ2) is 4.57. The fourth-order valence-electron chi connectivity index (χ4n) is 1.30. The Kier molecular flexibility index (Phi) is 2.95. The first-order valence-electron chi connectivity index (χ1n) is 4.85. The number of rotatable bonds is 3. The third-order valence-electron chi connectivity index (χ3n) is 1.94. The van der Waals surface area contributed by atoms with E-state index in [2.05, 4.69) is 9.97 Å². The number of hydrogen-bond donors (Lipinski definition) is 0. The molecule has 0 saturated heterocycles. The van der Waals surface area contributed by atoms with E-state index < -0.39 is 5.97 Å². The lowest BCUT2D eigenvalue weighted by Gasteiger charge is -2.04. The van der Waals surface area contributed by atoms with Gasteiger partial charge in [-0.3, -0.25) is 0 Å². The van der Waals surface area contributed by atoms with Crippen LogP contribution in [0.2, 0.25) is 0 Å². The van der Waals surface area contributed by atoms with Gasteiger partial charge in [0.15, 0.2) is 5.69 Å². The van der Waals surface area contributed by atoms with Crippen LogP contribution in [0.5, 0.6) is 0 Å². The Morgan fingerprint density at radius 1 is 1.44 bits per heavy atom. The summed E-state index contributed by atoms with van der Waals surface area (Å²) in [6.45, 7) is 2.05. The Balaban J connectivity index is 2.42. The van der Waals surface area contributed by atoms with Gasteiger partial charge in [0.25, 0.3) is 0 Å². The summed E-state index contributed by atoms with van der Waals surface area (Å²) in [6.07, 6.45) is 4.48. The van der Waals surface area contributed by atoms with Crippen molar-refractivity contribution in [3.8, 4) is 11.5 Å². The SMILES string of the molecule is CCOC(=O)c1ncccc1-c1ncco1. The van der Waals surface area contributed by atoms with Gasteiger partial charge in [-0.25, -0.2) is 14.8 Å². The molecular weight excluding hydrogens is 208 g/mol. The number of esters is 1. The van der Waals surface area contributed by atoms with Gasteiger partial charge in [-0.2, -0.15) is 0 Å². The molecule has 0 spiro atoms. The summed E-state index contributed by atoms with van der Waals surface area (Å²) in [4.78, 5) is 19.6. The Hall–Kier alpha value is -2.17. The quantitative estimate of drug-likeness (QED) is 0.736. The van der Waals surface area contributed by atoms with Crippen LogP contribution in [0.15, 0.2) is 35.2 Å². The van der Waals surface area contributed by atoms with Crippen LogP contribution in [-0.2, 0) is 4.74 Å². The molecule has 2 heterocycles. The lowest BCUT2D eigenvalue weighted by molar-refractivity contribution is 0.0520. The Morgan fingerprint density at radius 3 is 3.00 bits per heavy atom. The fourth-order valence-corrected chi connectivity index (χ4v) is 1.30. The Labute approximate surface area is 92.1 Å². The van der Waals surface area contributed by atoms with Gasteiger partial charge < -0.3 is 9.15 Å². The predicted octanol–water partition coefficient (Wildman–Crippen LogP) is 1.91. The van der Waals surface area contributed by atoms with Crippen molar-refractivity contribution in [3.05, 3.63) is 36.5 Å². The zero-order valence-electron chi connectivity index (χ0n) is 8.71. The van der Waals surface area contributed by atoms with E-state index in [0.29, 0.717) is 18.1 Å². The van der Waals surface area contributed by atoms with Crippen LogP contribution in [0, 0.1) is 0 Å². The number of pyridine rings is 1. The van der Waals surface area contributed by atoms with Crippen LogP contribution in [0.1, 0.15) is 17.4 Å². The molecule has 16 heavy (non-hydrogen) atoms. The molecule has 0 fully saturated rings. The molecular formula is C11H10N2O3. The maximum atomic E-state index is 11.6. The molecule has 0 aliphatic heterocycles. The predicted molar refractivity (Wildman–Crippen MR) is 55.7 cm³/mol. The number of aromatic nitrogens is 2. The highest BCUT2D eigenvalue weighted by molar-refractivity contribution is 5.93. The first-order valence-corrected chi connectivity index (χ1v) is 4.85. The molecule has 0 atom stereocenters. The van der Waals surface area contributed by atoms with E-state index >= 15 is 0 Å². The monoisotopic (exact) mass is 218 g/mol. The molecule has 2 aromatic rings. The summed E-state index contributed by atoms with van der Waals surface area (Å²) in [5, 5.41) is 0. The minimum absolute atomic E-state index is 0.215. The van der Waals surface area contributed by atoms with Gasteiger partial charge >= 0.3 is 5.97 Å². The first-order chi connectivity index (χ1) is 7.83. The molecule has 82 valence electrons. The molecule has 5 nitrogen and oxygen atoms in total. The Morgan fingerprint density at radius 2 is 2.31 bits per heavy atom. The lowest BCUT2D eigenvalue weighted by atomic mass is 10.2. The van der Waals surface area contributed by atoms with Gasteiger partial charge in [-0.1, -0.05) is 0 Å². The van der Waals surface area contributed by atoms with Crippen molar-refractivity contribution in [3.63, 3.8) is 0 Å². The molecule has 0 bridgehead atoms. The topological polar surface area (TPSA) is 65.2 Å². The van der Waals surface area contributed by atoms with Crippen LogP contribution in [0.25, 0.3) is 11.5 Å². The van der Waals surface area contributed by atoms with E-state index in [4.69, 9.17) is 9.15 Å². The molecule has 0 N–H and O–H groups in total. The van der Waals surface area contributed by atoms with Crippen molar-refractivity contribution in [2.75, 3.05) is 6.61 Å². The zero-order valence-corrected chi connectivity index (χ0v) is 8.71. The zero-order chi connectivity index (χ0) is 11.4. The maximum Gasteiger partial charge on any atom is 0.357 e. The average Bonchev–Trinajstić information content (AvgIpc) is 2.83. The van der Waals surface area contributed by atoms with E-state index in [9.17, 15) is 4.79 Å². The summed E-state index contributed by atoms with van der Waals surface area (Å²) in [6, 6.07) is 3.42. The van der Waals surface area contributed by atoms with Crippen molar-refractivity contribution in [2.24, 2.45) is 0 Å². The molecule has 0 aromatic carbocycles. The van der Waals surface area contributed by atoms with Gasteiger partial charge in [-0.15, -0.1) is 0 Å². The Bertz CT molecular complexity index is 480. The first kappa shape index (κ1) is 10.4. The smallest absolute Gasteiger partial charge is 0.357 e. The van der Waals surface area contributed by atoms with Crippen molar-refractivity contribution >= 4 is 5.97 Å². The number of carbonyl (C=O) groups is 1. The summed E-state index contributed by atoms with van der Waals surface area (Å²) < 4.78 is 10.0. The third kappa shape index (κ3) is 1.93. The summed E-state index contributed by atoms with van der Waals surface area (Å²) in [5.41, 5.74) is 0.748. The van der Waals surface area contributed by atoms with Gasteiger partial charge in [0.2, 0.25) is 5.89 Å². The van der Waals surface area contributed by atoms with E-state index in [1.807, 2.05) is 0 Å². The molecule has 5 heteroatoms. The molecule has 0 radical (unpaired) electrons. The van der Waals surface area contributed by atoms with Gasteiger partial charge in [0.1, 0.15) is 6.26 Å². The van der Waals surface area contributed by atoms with Gasteiger partial charge in [-0.05, 0) is 19.1 Å². The number of hydrogen-bond acceptors (Lipinski definition) is 5. The number of ether oxygens (including phenoxy) is 1. The van der Waals surface area contributed by atoms with Crippen molar-refractivity contribution in [1.82, 2.24) is 9.97 Å². The van der Waals surface area contributed by atoms with Gasteiger partial charge in [0, 0.05) is 6.20 Å². The second-order valence-electron chi connectivity index (χ2n) is 2.96. The van der Waals surface area contributed by atoms with E-state index in [1.54, 1.807) is 19.1 Å². The molecule has 0 saturated carbocycles. The van der Waals surface area contributed by atoms with E-state index in [-0.39, 0.29) is 5.69 Å². The summed E-state index contributed by atoms with van der Waals surface area (Å²) in [5.74, 6) is -0.118. The van der Waals surface area contributed by atoms with Crippen LogP contribution in [0.4, 0.5) is 0 Å². The average molecular weight is 218 g/mol. The van der Waals surface area contributed by atoms with Crippen LogP contribution >= 0.6 is 0 Å². The largest absolute Gasteiger partial charge is 0.461 e. The van der Waals surface area contributed by atoms with E-state index in [1.165, 1.54) is 18.7 Å². The number of oxazole rings is 1. The summed E-state index contributed by atoms with van der Waals surface area (Å²) >= 11 is 0. The highest BCUT2D eigenvalue weighted by Crippen LogP contribution is 2.20. The van der Waals surface area contributed by atoms with Gasteiger partial charge in [0.05, 0.1) is 18.4 Å². The fraction of sp³-hybridized carbons (Fsp3) is 0.182. The summed E-state index contributed by atoms with van der Waals surface area (Å²) in [7, 11) is 0. The molecule has 2 aromatic heterocycles. The highest BCUT2D eigenvalue weighted by atomic mass is 16.5. The molecule has 0 aliphatic carbocycles. The highest BCUT2D eigenvalue weighted by Gasteiger charge is 2.17. The van der Waals surface area contributed by atoms with Crippen molar-refractivity contribution < 1.29 is 13.9 Å². The minimum Gasteiger partial charge on any atom is -0.461 e. The number of nitrogens with zero attached hydrogens (tertiary/aromatic N) is 2. The van der Waals surface area contributed by atoms with Crippen LogP contribution < -0.4 is 0 Å². The van der Waals surface area contributed by atoms with Crippen LogP contribution in [-0.4, -0.2) is 22.5 Å². The van der Waals surface area contributed by atoms with Crippen LogP contribution in [0.3, 0.4) is 0 Å².